The van der Waals surface area contributed by atoms with Gasteiger partial charge in [0.25, 0.3) is 0 Å². The van der Waals surface area contributed by atoms with Crippen molar-refractivity contribution in [3.63, 3.8) is 0 Å². The van der Waals surface area contributed by atoms with Gasteiger partial charge in [-0.1, -0.05) is 121 Å². The summed E-state index contributed by atoms with van der Waals surface area (Å²) in [5, 5.41) is 6.81. The van der Waals surface area contributed by atoms with Crippen molar-refractivity contribution in [1.29, 1.82) is 0 Å². The van der Waals surface area contributed by atoms with Crippen molar-refractivity contribution < 1.29 is 8.83 Å². The van der Waals surface area contributed by atoms with Gasteiger partial charge in [-0.25, -0.2) is 15.0 Å². The third-order valence-corrected chi connectivity index (χ3v) is 12.1. The summed E-state index contributed by atoms with van der Waals surface area (Å²) in [4.78, 5) is 14.8. The molecule has 4 heterocycles. The summed E-state index contributed by atoms with van der Waals surface area (Å²) in [7, 11) is 0. The quantitative estimate of drug-likeness (QED) is 0.175. The second-order valence-electron chi connectivity index (χ2n) is 14.3. The van der Waals surface area contributed by atoms with Crippen molar-refractivity contribution in [3.05, 3.63) is 176 Å². The van der Waals surface area contributed by atoms with E-state index >= 15 is 0 Å². The van der Waals surface area contributed by atoms with Gasteiger partial charge in [-0.3, -0.25) is 0 Å². The van der Waals surface area contributed by atoms with Gasteiger partial charge in [-0.05, 0) is 71.3 Å². The third-order valence-electron chi connectivity index (χ3n) is 11.0. The van der Waals surface area contributed by atoms with E-state index in [0.717, 1.165) is 82.8 Å². The molecule has 0 spiro atoms. The van der Waals surface area contributed by atoms with Gasteiger partial charge in [-0.15, -0.1) is 11.3 Å². The number of aromatic nitrogens is 3. The minimum absolute atomic E-state index is 0.589. The second-order valence-corrected chi connectivity index (χ2v) is 15.4. The van der Waals surface area contributed by atoms with Gasteiger partial charge >= 0.3 is 0 Å². The molecule has 0 N–H and O–H groups in total. The number of hydrogen-bond acceptors (Lipinski definition) is 6. The van der Waals surface area contributed by atoms with E-state index in [2.05, 4.69) is 103 Å². The standard InChI is InChI=1S/C51H29N3O2S/c1-3-11-30(12-4-1)49-52-50(31-13-5-2-6-14-31)54-51(53-49)34-20-23-38-37-22-19-33(28-43(37)55-44(38)29-34)35-24-25-36(48-47(35)40-16-7-9-17-42(40)56-48)32-21-26-46-41(27-32)39-15-8-10-18-45(39)57-46/h1-29H. The van der Waals surface area contributed by atoms with E-state index in [-0.39, 0.29) is 0 Å². The van der Waals surface area contributed by atoms with Crippen LogP contribution in [0.25, 0.3) is 120 Å². The number of furan rings is 2. The average molecular weight is 748 g/mol. The zero-order valence-electron chi connectivity index (χ0n) is 30.3. The number of para-hydroxylation sites is 1. The van der Waals surface area contributed by atoms with Crippen LogP contribution >= 0.6 is 11.3 Å². The Balaban J connectivity index is 0.986. The van der Waals surface area contributed by atoms with E-state index in [9.17, 15) is 0 Å². The largest absolute Gasteiger partial charge is 0.456 e. The molecular weight excluding hydrogens is 719 g/mol. The molecule has 0 amide bonds. The molecule has 0 aliphatic heterocycles. The third kappa shape index (κ3) is 5.19. The van der Waals surface area contributed by atoms with Crippen LogP contribution in [0.2, 0.25) is 0 Å². The molecule has 0 bridgehead atoms. The van der Waals surface area contributed by atoms with Gasteiger partial charge in [0.1, 0.15) is 22.3 Å². The first-order chi connectivity index (χ1) is 28.2. The molecule has 4 aromatic heterocycles. The molecular formula is C51H29N3O2S. The Labute approximate surface area is 330 Å². The fourth-order valence-corrected chi connectivity index (χ4v) is 9.30. The highest BCUT2D eigenvalue weighted by Crippen LogP contribution is 2.44. The number of hydrogen-bond donors (Lipinski definition) is 0. The summed E-state index contributed by atoms with van der Waals surface area (Å²) in [5.74, 6) is 1.84. The molecule has 0 saturated carbocycles. The van der Waals surface area contributed by atoms with Crippen molar-refractivity contribution in [1.82, 2.24) is 15.0 Å². The lowest BCUT2D eigenvalue weighted by atomic mass is 9.93. The summed E-state index contributed by atoms with van der Waals surface area (Å²) >= 11 is 1.83. The average Bonchev–Trinajstić information content (AvgIpc) is 3.97. The summed E-state index contributed by atoms with van der Waals surface area (Å²) in [6.07, 6.45) is 0. The summed E-state index contributed by atoms with van der Waals surface area (Å²) in [5.41, 5.74) is 10.4. The van der Waals surface area contributed by atoms with Crippen LogP contribution in [0.15, 0.2) is 185 Å². The monoisotopic (exact) mass is 747 g/mol. The Kier molecular flexibility index (Phi) is 7.03. The number of rotatable bonds is 5. The number of benzene rings is 8. The van der Waals surface area contributed by atoms with Crippen LogP contribution in [0, 0.1) is 0 Å². The Morgan fingerprint density at radius 1 is 0.333 bits per heavy atom. The molecule has 57 heavy (non-hydrogen) atoms. The van der Waals surface area contributed by atoms with E-state index in [1.54, 1.807) is 0 Å². The fourth-order valence-electron chi connectivity index (χ4n) is 8.21. The van der Waals surface area contributed by atoms with Crippen LogP contribution in [0.3, 0.4) is 0 Å². The first kappa shape index (κ1) is 31.9. The SMILES string of the molecule is c1ccc(-c2nc(-c3ccccc3)nc(-c3ccc4c(c3)oc3cc(-c5ccc(-c6ccc7sc8ccccc8c7c6)c6oc7ccccc7c56)ccc34)n2)cc1. The highest BCUT2D eigenvalue weighted by Gasteiger charge is 2.20. The molecule has 0 fully saturated rings. The van der Waals surface area contributed by atoms with E-state index in [1.165, 1.54) is 20.2 Å². The summed E-state index contributed by atoms with van der Waals surface area (Å²) in [6, 6.07) is 60.9. The Hall–Kier alpha value is -7.41. The molecule has 0 atom stereocenters. The van der Waals surface area contributed by atoms with Gasteiger partial charge < -0.3 is 8.83 Å². The number of thiophene rings is 1. The topological polar surface area (TPSA) is 65.0 Å². The maximum Gasteiger partial charge on any atom is 0.164 e. The van der Waals surface area contributed by atoms with Crippen LogP contribution < -0.4 is 0 Å². The van der Waals surface area contributed by atoms with E-state index in [1.807, 2.05) is 84.1 Å². The van der Waals surface area contributed by atoms with Gasteiger partial charge in [0.05, 0.1) is 0 Å². The summed E-state index contributed by atoms with van der Waals surface area (Å²) < 4.78 is 15.9. The lowest BCUT2D eigenvalue weighted by Crippen LogP contribution is -2.00. The van der Waals surface area contributed by atoms with Gasteiger partial charge in [0, 0.05) is 64.0 Å². The van der Waals surface area contributed by atoms with Crippen molar-refractivity contribution in [2.75, 3.05) is 0 Å². The van der Waals surface area contributed by atoms with Crippen LogP contribution in [-0.2, 0) is 0 Å². The predicted molar refractivity (Wildman–Crippen MR) is 234 cm³/mol. The molecule has 0 unspecified atom stereocenters. The molecule has 0 aliphatic carbocycles. The second kappa shape index (κ2) is 12.6. The Morgan fingerprint density at radius 3 is 1.61 bits per heavy atom. The van der Waals surface area contributed by atoms with Crippen LogP contribution in [0.4, 0.5) is 0 Å². The molecule has 0 radical (unpaired) electrons. The molecule has 0 saturated heterocycles. The van der Waals surface area contributed by atoms with Crippen LogP contribution in [0.5, 0.6) is 0 Å². The van der Waals surface area contributed by atoms with Crippen molar-refractivity contribution >= 4 is 75.4 Å². The summed E-state index contributed by atoms with van der Waals surface area (Å²) in [6.45, 7) is 0. The number of nitrogens with zero attached hydrogens (tertiary/aromatic N) is 3. The number of fused-ring (bicyclic) bond motifs is 9. The molecule has 8 aromatic carbocycles. The van der Waals surface area contributed by atoms with Gasteiger partial charge in [0.15, 0.2) is 17.5 Å². The normalized spacial score (nSPS) is 11.9. The highest BCUT2D eigenvalue weighted by molar-refractivity contribution is 7.25. The molecule has 266 valence electrons. The maximum absolute atomic E-state index is 6.71. The molecule has 6 heteroatoms. The maximum atomic E-state index is 6.71. The molecule has 0 aliphatic rings. The van der Waals surface area contributed by atoms with Crippen molar-refractivity contribution in [2.24, 2.45) is 0 Å². The zero-order chi connectivity index (χ0) is 37.5. The first-order valence-corrected chi connectivity index (χ1v) is 19.7. The van der Waals surface area contributed by atoms with Gasteiger partial charge in [-0.2, -0.15) is 0 Å². The molecule has 12 aromatic rings. The molecule has 12 rings (SSSR count). The smallest absolute Gasteiger partial charge is 0.164 e. The van der Waals surface area contributed by atoms with Crippen LogP contribution in [0.1, 0.15) is 0 Å². The zero-order valence-corrected chi connectivity index (χ0v) is 31.1. The van der Waals surface area contributed by atoms with E-state index < -0.39 is 0 Å². The Morgan fingerprint density at radius 2 is 0.877 bits per heavy atom. The highest BCUT2D eigenvalue weighted by atomic mass is 32.1. The van der Waals surface area contributed by atoms with Crippen LogP contribution in [-0.4, -0.2) is 15.0 Å². The lowest BCUT2D eigenvalue weighted by molar-refractivity contribution is 0.668. The molecule has 5 nitrogen and oxygen atoms in total. The van der Waals surface area contributed by atoms with Crippen molar-refractivity contribution in [3.8, 4) is 56.4 Å². The first-order valence-electron chi connectivity index (χ1n) is 18.9. The van der Waals surface area contributed by atoms with Gasteiger partial charge in [0.2, 0.25) is 0 Å². The minimum atomic E-state index is 0.589. The van der Waals surface area contributed by atoms with E-state index in [0.29, 0.717) is 17.5 Å². The Bertz CT molecular complexity index is 3470. The van der Waals surface area contributed by atoms with E-state index in [4.69, 9.17) is 23.8 Å². The fraction of sp³-hybridized carbons (Fsp3) is 0. The lowest BCUT2D eigenvalue weighted by Gasteiger charge is -2.09. The predicted octanol–water partition coefficient (Wildman–Crippen LogP) is 14.4. The minimum Gasteiger partial charge on any atom is -0.456 e. The van der Waals surface area contributed by atoms with Crippen molar-refractivity contribution in [2.45, 2.75) is 0 Å².